The number of benzene rings is 2. The molecule has 0 unspecified atom stereocenters. The van der Waals surface area contributed by atoms with Gasteiger partial charge in [-0.2, -0.15) is 9.44 Å². The molecule has 0 aliphatic carbocycles. The van der Waals surface area contributed by atoms with Gasteiger partial charge in [0.05, 0.1) is 29.6 Å². The summed E-state index contributed by atoms with van der Waals surface area (Å²) in [5.74, 6) is -2.49. The van der Waals surface area contributed by atoms with E-state index in [4.69, 9.17) is 10.8 Å². The Morgan fingerprint density at radius 1 is 0.786 bits per heavy atom. The number of hydrogen-bond acceptors (Lipinski definition) is 17. The number of aliphatic carboxylic acids is 1. The topological polar surface area (TPSA) is 325 Å². The number of carboxylic acids is 1. The average Bonchev–Trinajstić information content (AvgIpc) is 3.12. The molecule has 2 rings (SSSR count). The molecule has 0 aliphatic heterocycles. The van der Waals surface area contributed by atoms with Crippen LogP contribution in [0, 0.1) is 20.2 Å². The third kappa shape index (κ3) is 43.3. The molecule has 6 N–H and O–H groups in total. The van der Waals surface area contributed by atoms with Crippen LogP contribution in [0.1, 0.15) is 13.8 Å². The Morgan fingerprint density at radius 3 is 1.32 bits per heavy atom. The van der Waals surface area contributed by atoms with Crippen LogP contribution in [0.15, 0.2) is 58.3 Å². The molecule has 0 saturated carbocycles. The van der Waals surface area contributed by atoms with Gasteiger partial charge in [0.15, 0.2) is 9.79 Å². The molecule has 0 amide bonds. The van der Waals surface area contributed by atoms with Crippen molar-refractivity contribution in [1.82, 2.24) is 9.44 Å². The Kier molecular flexibility index (Phi) is 64.3. The maximum absolute atomic E-state index is 11.8. The Bertz CT molecular complexity index is 1620. The molecular weight excluding hydrogens is 1730 g/mol. The van der Waals surface area contributed by atoms with Crippen molar-refractivity contribution in [2.75, 3.05) is 32.8 Å². The second-order valence-electron chi connectivity index (χ2n) is 7.56. The first-order valence-corrected chi connectivity index (χ1v) is 44.3. The van der Waals surface area contributed by atoms with Crippen molar-refractivity contribution in [3.63, 3.8) is 0 Å². The molecule has 0 saturated heterocycles. The largest absolute Gasteiger partial charge is 1.00 e. The second-order valence-corrected chi connectivity index (χ2v) is 58.2. The number of nitro groups is 2. The summed E-state index contributed by atoms with van der Waals surface area (Å²) < 4.78 is 59.5. The van der Waals surface area contributed by atoms with Gasteiger partial charge >= 0.3 is 184 Å². The van der Waals surface area contributed by atoms with Crippen LogP contribution in [0.2, 0.25) is 0 Å². The van der Waals surface area contributed by atoms with Crippen molar-refractivity contribution in [1.29, 1.82) is 0 Å². The number of para-hydroxylation sites is 2. The fraction of sp³-hybridized carbons (Fsp3) is 0.318. The third-order valence-electron chi connectivity index (χ3n) is 4.30. The van der Waals surface area contributed by atoms with Gasteiger partial charge < -0.3 is 45.4 Å². The normalized spacial score (nSPS) is 9.23. The van der Waals surface area contributed by atoms with E-state index in [1.165, 1.54) is 24.3 Å². The van der Waals surface area contributed by atoms with Gasteiger partial charge in [-0.25, -0.2) is 16.8 Å². The first-order valence-electron chi connectivity index (χ1n) is 12.9. The fourth-order valence-corrected chi connectivity index (χ4v) is 4.85. The summed E-state index contributed by atoms with van der Waals surface area (Å²) in [5, 5.41) is 29.7. The molecule has 56 heavy (non-hydrogen) atoms. The SMILES string of the molecule is CCOC(=O)CN.CCOC(=O)CNS(=O)(=O)c1ccccc1[N+](=O)[O-].O=C(O)CNS(=O)(=O)c1ccccc1[N+](=O)[O-].[I][V]([I])[I].[I][V][I].[K+].[OH-].[S-]I.[S-]I. The fourth-order valence-electron chi connectivity index (χ4n) is 2.57. The number of nitrogens with one attached hydrogen (secondary N) is 2. The van der Waals surface area contributed by atoms with Gasteiger partial charge in [0.1, 0.15) is 13.1 Å². The van der Waals surface area contributed by atoms with E-state index in [0.29, 0.717) is 16.1 Å². The van der Waals surface area contributed by atoms with Gasteiger partial charge in [0.2, 0.25) is 20.0 Å². The monoisotopic (exact) mass is 1760 g/mol. The van der Waals surface area contributed by atoms with Crippen LogP contribution in [0.4, 0.5) is 11.4 Å². The van der Waals surface area contributed by atoms with Gasteiger partial charge in [0.25, 0.3) is 11.4 Å². The number of sulfonamides is 2. The maximum Gasteiger partial charge on any atom is 1.00 e. The summed E-state index contributed by atoms with van der Waals surface area (Å²) in [4.78, 5) is 49.7. The van der Waals surface area contributed by atoms with E-state index in [0.717, 1.165) is 24.3 Å². The molecular formula is C22H30I7KN5O15S4V2-2. The van der Waals surface area contributed by atoms with Crippen LogP contribution >= 0.6 is 142 Å². The van der Waals surface area contributed by atoms with Crippen LogP contribution in [-0.2, 0) is 77.9 Å². The van der Waals surface area contributed by atoms with Gasteiger partial charge in [-0.1, -0.05) is 24.3 Å². The van der Waals surface area contributed by atoms with Crippen LogP contribution in [-0.4, -0.2) is 88.0 Å². The molecule has 0 spiro atoms. The zero-order valence-electron chi connectivity index (χ0n) is 28.5. The number of nitro benzene ring substituents is 2. The summed E-state index contributed by atoms with van der Waals surface area (Å²) in [6.07, 6.45) is 0. The minimum atomic E-state index is -4.20. The molecule has 0 heterocycles. The molecule has 0 aliphatic rings. The molecule has 2 aromatic rings. The Hall–Kier alpha value is 4.01. The third-order valence-corrected chi connectivity index (χ3v) is 7.20. The number of carbonyl (C=O) groups is 3. The molecule has 34 heteroatoms. The van der Waals surface area contributed by atoms with Crippen LogP contribution in [0.3, 0.4) is 0 Å². The number of rotatable bonds is 13. The van der Waals surface area contributed by atoms with Crippen molar-refractivity contribution in [2.45, 2.75) is 23.6 Å². The molecule has 2 aromatic carbocycles. The predicted molar refractivity (Wildman–Crippen MR) is 261 cm³/mol. The van der Waals surface area contributed by atoms with E-state index in [-0.39, 0.29) is 80.9 Å². The number of ether oxygens (including phenoxy) is 2. The molecule has 0 aromatic heterocycles. The van der Waals surface area contributed by atoms with Crippen molar-refractivity contribution in [3.05, 3.63) is 68.8 Å². The van der Waals surface area contributed by atoms with Crippen molar-refractivity contribution in [3.8, 4) is 0 Å². The van der Waals surface area contributed by atoms with E-state index in [2.05, 4.69) is 129 Å². The summed E-state index contributed by atoms with van der Waals surface area (Å²) in [6.45, 7) is 2.41. The minimum Gasteiger partial charge on any atom is -0.870 e. The zero-order valence-corrected chi connectivity index (χ0v) is 52.8. The van der Waals surface area contributed by atoms with Gasteiger partial charge in [-0.05, 0) is 26.0 Å². The Labute approximate surface area is 468 Å². The number of esters is 2. The van der Waals surface area contributed by atoms with Gasteiger partial charge in [0, 0.05) is 12.1 Å². The smallest absolute Gasteiger partial charge is 0.870 e. The zero-order chi connectivity index (χ0) is 43.5. The predicted octanol–water partition coefficient (Wildman–Crippen LogP) is 2.92. The number of nitrogens with two attached hydrogens (primary N) is 1. The first kappa shape index (κ1) is 74.4. The summed E-state index contributed by atoms with van der Waals surface area (Å²) in [6, 6.07) is 9.54. The molecule has 20 nitrogen and oxygen atoms in total. The van der Waals surface area contributed by atoms with Crippen LogP contribution < -0.4 is 66.6 Å². The molecule has 0 bridgehead atoms. The van der Waals surface area contributed by atoms with Gasteiger partial charge in [-0.3, -0.25) is 77.0 Å². The summed E-state index contributed by atoms with van der Waals surface area (Å²) in [7, 11) is 0.389. The van der Waals surface area contributed by atoms with E-state index in [1.807, 2.05) is 4.72 Å². The minimum absolute atomic E-state index is 0. The quantitative estimate of drug-likeness (QED) is 0.0559. The van der Waals surface area contributed by atoms with E-state index >= 15 is 0 Å². The number of carboxylic acid groups (broad SMARTS) is 1. The Balaban J connectivity index is -0.000000118. The maximum atomic E-state index is 11.8. The number of halogens is 7. The van der Waals surface area contributed by atoms with Crippen molar-refractivity contribution in [2.24, 2.45) is 5.73 Å². The van der Waals surface area contributed by atoms with E-state index in [1.54, 1.807) is 61.0 Å². The summed E-state index contributed by atoms with van der Waals surface area (Å²) >= 11 is 15.6. The number of carbonyl (C=O) groups excluding carboxylic acids is 2. The number of hydrogen-bond donors (Lipinski definition) is 4. The van der Waals surface area contributed by atoms with Crippen molar-refractivity contribution >= 4 is 211 Å². The molecule has 0 atom stereocenters. The van der Waals surface area contributed by atoms with Gasteiger partial charge in [-0.15, -0.1) is 0 Å². The first-order chi connectivity index (χ1) is 25.2. The van der Waals surface area contributed by atoms with Crippen molar-refractivity contribution < 1.29 is 127 Å². The second kappa shape index (κ2) is 48.5. The van der Waals surface area contributed by atoms with Crippen LogP contribution in [0.25, 0.3) is 0 Å². The van der Waals surface area contributed by atoms with Crippen LogP contribution in [0.5, 0.6) is 0 Å². The molecule has 0 fully saturated rings. The summed E-state index contributed by atoms with van der Waals surface area (Å²) in [5.41, 5.74) is 3.72. The average molecular weight is 1760 g/mol. The molecule has 319 valence electrons. The van der Waals surface area contributed by atoms with E-state index < -0.39 is 76.1 Å². The standard InChI is InChI=1S/C10H12N2O6S.C8H8N2O6S.C4H9NO2.2IS.5HI.K.H2O.2V/c1-2-18-10(13)7-11-19(16,17)9-6-4-3-5-8(9)12(14)15;11-8(12)5-9-17(15,16)7-4-2-1-3-6(7)10(13)14;1-2-7-4(6)3-5;2*1-2;;;;;;;;;/h3-6,11H,2,7H2,1H3;1-4,9H,5H2,(H,11,12);2-3,5H2,1H3;;;5*1H;;1H2;;/q;;;2*-1;;;;;;+1;;+2;+3/p-6. The Morgan fingerprint density at radius 2 is 1.07 bits per heavy atom. The van der Waals surface area contributed by atoms with E-state index in [9.17, 15) is 51.4 Å². The molecule has 0 radical (unpaired) electrons. The number of nitrogens with zero attached hydrogens (tertiary/aromatic N) is 2.